The first-order chi connectivity index (χ1) is 14.6. The van der Waals surface area contributed by atoms with Gasteiger partial charge in [-0.3, -0.25) is 10.1 Å². The van der Waals surface area contributed by atoms with Crippen molar-refractivity contribution in [2.75, 3.05) is 28.4 Å². The minimum Gasteiger partial charge on any atom is -0.493 e. The number of benzene rings is 2. The van der Waals surface area contributed by atoms with Gasteiger partial charge in [0.05, 0.1) is 39.6 Å². The van der Waals surface area contributed by atoms with Gasteiger partial charge in [-0.15, -0.1) is 5.10 Å². The van der Waals surface area contributed by atoms with Crippen LogP contribution >= 0.6 is 11.8 Å². The van der Waals surface area contributed by atoms with Crippen LogP contribution in [0.2, 0.25) is 0 Å². The van der Waals surface area contributed by atoms with Crippen molar-refractivity contribution in [2.45, 2.75) is 0 Å². The number of rotatable bonds is 7. The molecular formula is C21H21N3O5S. The second-order valence-corrected chi connectivity index (χ2v) is 6.97. The largest absolute Gasteiger partial charge is 0.493 e. The number of carbonyl (C=O) groups excluding carboxylic acids is 1. The van der Waals surface area contributed by atoms with Gasteiger partial charge in [0.15, 0.2) is 28.2 Å². The summed E-state index contributed by atoms with van der Waals surface area (Å²) in [6.45, 7) is 0. The molecule has 2 aromatic rings. The zero-order valence-corrected chi connectivity index (χ0v) is 17.8. The number of nitrogens with zero attached hydrogens (tertiary/aromatic N) is 2. The Kier molecular flexibility index (Phi) is 6.97. The summed E-state index contributed by atoms with van der Waals surface area (Å²) in [6, 6.07) is 10.8. The monoisotopic (exact) mass is 427 g/mol. The van der Waals surface area contributed by atoms with E-state index in [1.54, 1.807) is 65.0 Å². The van der Waals surface area contributed by atoms with Crippen LogP contribution < -0.4 is 24.3 Å². The quantitative estimate of drug-likeness (QED) is 0.414. The van der Waals surface area contributed by atoms with Gasteiger partial charge in [0.1, 0.15) is 0 Å². The molecule has 156 valence electrons. The highest BCUT2D eigenvalue weighted by Gasteiger charge is 2.24. The lowest BCUT2D eigenvalue weighted by molar-refractivity contribution is -0.115. The van der Waals surface area contributed by atoms with Gasteiger partial charge in [-0.1, -0.05) is 6.07 Å². The van der Waals surface area contributed by atoms with Gasteiger partial charge < -0.3 is 18.9 Å². The van der Waals surface area contributed by atoms with Crippen molar-refractivity contribution >= 4 is 35.1 Å². The Labute approximate surface area is 178 Å². The number of thioether (sulfide) groups is 1. The van der Waals surface area contributed by atoms with Crippen molar-refractivity contribution in [3.05, 3.63) is 52.4 Å². The van der Waals surface area contributed by atoms with Crippen molar-refractivity contribution in [1.82, 2.24) is 5.32 Å². The minimum absolute atomic E-state index is 0.241. The summed E-state index contributed by atoms with van der Waals surface area (Å²) in [7, 11) is 6.27. The highest BCUT2D eigenvalue weighted by atomic mass is 32.2. The first-order valence-electron chi connectivity index (χ1n) is 8.84. The molecule has 30 heavy (non-hydrogen) atoms. The van der Waals surface area contributed by atoms with Gasteiger partial charge in [-0.2, -0.15) is 5.10 Å². The lowest BCUT2D eigenvalue weighted by Gasteiger charge is -2.07. The van der Waals surface area contributed by atoms with E-state index in [1.165, 1.54) is 11.8 Å². The molecule has 0 aliphatic carbocycles. The predicted octanol–water partition coefficient (Wildman–Crippen LogP) is 3.32. The Morgan fingerprint density at radius 2 is 1.40 bits per heavy atom. The van der Waals surface area contributed by atoms with Crippen molar-refractivity contribution in [3.63, 3.8) is 0 Å². The van der Waals surface area contributed by atoms with E-state index in [-0.39, 0.29) is 5.91 Å². The molecule has 1 saturated heterocycles. The molecule has 0 spiro atoms. The number of hydrogen-bond donors (Lipinski definition) is 1. The third kappa shape index (κ3) is 4.93. The van der Waals surface area contributed by atoms with Gasteiger partial charge in [0, 0.05) is 0 Å². The van der Waals surface area contributed by atoms with E-state index in [0.717, 1.165) is 11.1 Å². The van der Waals surface area contributed by atoms with Crippen LogP contribution in [0.25, 0.3) is 6.08 Å². The summed E-state index contributed by atoms with van der Waals surface area (Å²) in [5.41, 5.74) is 1.59. The Bertz CT molecular complexity index is 1030. The Balaban J connectivity index is 1.73. The van der Waals surface area contributed by atoms with Crippen molar-refractivity contribution in [2.24, 2.45) is 10.2 Å². The fourth-order valence-electron chi connectivity index (χ4n) is 2.65. The molecule has 1 aliphatic heterocycles. The lowest BCUT2D eigenvalue weighted by atomic mass is 10.2. The molecule has 0 atom stereocenters. The highest BCUT2D eigenvalue weighted by molar-refractivity contribution is 8.18. The molecule has 0 saturated carbocycles. The zero-order valence-electron chi connectivity index (χ0n) is 17.0. The number of hydrogen-bond acceptors (Lipinski definition) is 8. The molecule has 1 amide bonds. The van der Waals surface area contributed by atoms with E-state index in [1.807, 2.05) is 12.1 Å². The van der Waals surface area contributed by atoms with E-state index in [9.17, 15) is 4.79 Å². The van der Waals surface area contributed by atoms with E-state index < -0.39 is 0 Å². The van der Waals surface area contributed by atoms with Crippen LogP contribution in [0, 0.1) is 0 Å². The predicted molar refractivity (Wildman–Crippen MR) is 118 cm³/mol. The average Bonchev–Trinajstić information content (AvgIpc) is 3.12. The van der Waals surface area contributed by atoms with Crippen LogP contribution in [-0.4, -0.2) is 45.7 Å². The van der Waals surface area contributed by atoms with Crippen molar-refractivity contribution in [3.8, 4) is 23.0 Å². The van der Waals surface area contributed by atoms with Crippen LogP contribution in [0.4, 0.5) is 0 Å². The van der Waals surface area contributed by atoms with Gasteiger partial charge >= 0.3 is 0 Å². The summed E-state index contributed by atoms with van der Waals surface area (Å²) >= 11 is 1.21. The topological polar surface area (TPSA) is 90.7 Å². The molecule has 1 fully saturated rings. The summed E-state index contributed by atoms with van der Waals surface area (Å²) in [4.78, 5) is 12.7. The Morgan fingerprint density at radius 1 is 0.833 bits per heavy atom. The van der Waals surface area contributed by atoms with Gasteiger partial charge in [-0.25, -0.2) is 0 Å². The van der Waals surface area contributed by atoms with Crippen LogP contribution in [0.15, 0.2) is 51.5 Å². The summed E-state index contributed by atoms with van der Waals surface area (Å²) < 4.78 is 21.0. The first-order valence-corrected chi connectivity index (χ1v) is 9.65. The maximum Gasteiger partial charge on any atom is 0.264 e. The van der Waals surface area contributed by atoms with Gasteiger partial charge in [-0.05, 0) is 59.3 Å². The Morgan fingerprint density at radius 3 is 2.00 bits per heavy atom. The zero-order chi connectivity index (χ0) is 21.5. The van der Waals surface area contributed by atoms with Crippen LogP contribution in [0.3, 0.4) is 0 Å². The Hall–Kier alpha value is -3.46. The fraction of sp³-hybridized carbons (Fsp3) is 0.190. The maximum absolute atomic E-state index is 12.2. The summed E-state index contributed by atoms with van der Waals surface area (Å²) in [6.07, 6.45) is 3.32. The lowest BCUT2D eigenvalue weighted by Crippen LogP contribution is -2.19. The van der Waals surface area contributed by atoms with E-state index in [4.69, 9.17) is 18.9 Å². The molecule has 2 aromatic carbocycles. The number of nitrogens with one attached hydrogen (secondary N) is 1. The standard InChI is InChI=1S/C21H21N3O5S/c1-26-15-7-5-13(9-17(15)28-3)11-19-20(25)23-21(30-19)24-22-12-14-6-8-16(27-2)18(10-14)29-4/h5-12H,1-4H3,(H,23,24,25)/b19-11+,22-12?. The number of ether oxygens (including phenoxy) is 4. The first kappa shape index (κ1) is 21.3. The molecule has 1 heterocycles. The van der Waals surface area contributed by atoms with Crippen molar-refractivity contribution in [1.29, 1.82) is 0 Å². The molecule has 9 heteroatoms. The summed E-state index contributed by atoms with van der Waals surface area (Å²) in [5, 5.41) is 11.2. The molecule has 1 aliphatic rings. The average molecular weight is 427 g/mol. The van der Waals surface area contributed by atoms with Gasteiger partial charge in [0.25, 0.3) is 5.91 Å². The third-order valence-electron chi connectivity index (χ3n) is 4.12. The normalized spacial score (nSPS) is 16.2. The number of amides is 1. The van der Waals surface area contributed by atoms with E-state index in [0.29, 0.717) is 33.1 Å². The third-order valence-corrected chi connectivity index (χ3v) is 5.02. The number of carbonyl (C=O) groups is 1. The second-order valence-electron chi connectivity index (χ2n) is 5.94. The molecule has 8 nitrogen and oxygen atoms in total. The minimum atomic E-state index is -0.241. The van der Waals surface area contributed by atoms with Crippen molar-refractivity contribution < 1.29 is 23.7 Å². The number of amidine groups is 1. The van der Waals surface area contributed by atoms with Crippen LogP contribution in [0.5, 0.6) is 23.0 Å². The summed E-state index contributed by atoms with van der Waals surface area (Å²) in [5.74, 6) is 2.19. The fourth-order valence-corrected chi connectivity index (χ4v) is 3.43. The van der Waals surface area contributed by atoms with Gasteiger partial charge in [0.2, 0.25) is 0 Å². The van der Waals surface area contributed by atoms with Crippen LogP contribution in [-0.2, 0) is 4.79 Å². The molecule has 0 radical (unpaired) electrons. The molecule has 0 bridgehead atoms. The molecule has 3 rings (SSSR count). The SMILES string of the molecule is COc1ccc(C=NN=C2NC(=O)/C(=C\c3ccc(OC)c(OC)c3)S2)cc1OC. The molecule has 0 unspecified atom stereocenters. The molecular weight excluding hydrogens is 406 g/mol. The van der Waals surface area contributed by atoms with Crippen LogP contribution in [0.1, 0.15) is 11.1 Å². The smallest absolute Gasteiger partial charge is 0.264 e. The molecule has 1 N–H and O–H groups in total. The highest BCUT2D eigenvalue weighted by Crippen LogP contribution is 2.31. The second kappa shape index (κ2) is 9.84. The maximum atomic E-state index is 12.2. The van der Waals surface area contributed by atoms with E-state index >= 15 is 0 Å². The molecule has 0 aromatic heterocycles. The number of methoxy groups -OCH3 is 4. The van der Waals surface area contributed by atoms with E-state index in [2.05, 4.69) is 15.5 Å².